The first-order valence-electron chi connectivity index (χ1n) is 12.3. The molecule has 7 heteroatoms. The van der Waals surface area contributed by atoms with Gasteiger partial charge in [0.25, 0.3) is 0 Å². The molecule has 3 aliphatic rings. The van der Waals surface area contributed by atoms with E-state index in [2.05, 4.69) is 55.3 Å². The first kappa shape index (κ1) is 21.1. The van der Waals surface area contributed by atoms with Crippen LogP contribution in [-0.2, 0) is 11.3 Å². The van der Waals surface area contributed by atoms with Crippen LogP contribution in [-0.4, -0.2) is 59.5 Å². The lowest BCUT2D eigenvalue weighted by molar-refractivity contribution is -0.118. The van der Waals surface area contributed by atoms with E-state index in [1.165, 1.54) is 16.8 Å². The molecule has 34 heavy (non-hydrogen) atoms. The first-order valence-corrected chi connectivity index (χ1v) is 12.3. The summed E-state index contributed by atoms with van der Waals surface area (Å²) >= 11 is 0. The number of benzene rings is 1. The average molecular weight is 455 g/mol. The molecular weight excluding hydrogens is 424 g/mol. The molecule has 174 valence electrons. The summed E-state index contributed by atoms with van der Waals surface area (Å²) in [7, 11) is 0. The number of nitrogens with zero attached hydrogens (tertiary/aromatic N) is 5. The number of pyridine rings is 2. The third-order valence-electron chi connectivity index (χ3n) is 7.28. The molecule has 0 aliphatic carbocycles. The van der Waals surface area contributed by atoms with Crippen LogP contribution < -0.4 is 15.1 Å². The van der Waals surface area contributed by atoms with E-state index in [0.717, 1.165) is 75.6 Å². The van der Waals surface area contributed by atoms with Gasteiger partial charge in [-0.25, -0.2) is 4.98 Å². The van der Waals surface area contributed by atoms with Crippen molar-refractivity contribution in [2.75, 3.05) is 47.8 Å². The number of nitrogens with one attached hydrogen (secondary N) is 1. The molecule has 5 heterocycles. The van der Waals surface area contributed by atoms with Crippen LogP contribution in [0.1, 0.15) is 24.8 Å². The highest BCUT2D eigenvalue weighted by atomic mass is 16.2. The smallest absolute Gasteiger partial charge is 0.247 e. The zero-order valence-corrected chi connectivity index (χ0v) is 19.4. The maximum atomic E-state index is 12.6. The van der Waals surface area contributed by atoms with E-state index in [-0.39, 0.29) is 11.9 Å². The van der Waals surface area contributed by atoms with Crippen molar-refractivity contribution in [3.05, 3.63) is 66.6 Å². The van der Waals surface area contributed by atoms with Crippen LogP contribution in [0.2, 0.25) is 0 Å². The van der Waals surface area contributed by atoms with Crippen molar-refractivity contribution in [2.24, 2.45) is 0 Å². The van der Waals surface area contributed by atoms with Crippen molar-refractivity contribution < 1.29 is 4.79 Å². The maximum absolute atomic E-state index is 12.6. The van der Waals surface area contributed by atoms with Crippen molar-refractivity contribution in [1.82, 2.24) is 14.9 Å². The van der Waals surface area contributed by atoms with Gasteiger partial charge < -0.3 is 15.1 Å². The van der Waals surface area contributed by atoms with Gasteiger partial charge in [0.05, 0.1) is 5.69 Å². The number of hydrogen-bond acceptors (Lipinski definition) is 6. The summed E-state index contributed by atoms with van der Waals surface area (Å²) in [5.41, 5.74) is 5.70. The van der Waals surface area contributed by atoms with Gasteiger partial charge in [-0.15, -0.1) is 0 Å². The minimum absolute atomic E-state index is 0.0496. The Bertz CT molecular complexity index is 1160. The zero-order valence-electron chi connectivity index (χ0n) is 19.4. The summed E-state index contributed by atoms with van der Waals surface area (Å²) in [6, 6.07) is 15.0. The highest BCUT2D eigenvalue weighted by Gasteiger charge is 2.35. The zero-order chi connectivity index (χ0) is 22.9. The van der Waals surface area contributed by atoms with Crippen molar-refractivity contribution in [3.8, 4) is 11.1 Å². The molecule has 7 nitrogen and oxygen atoms in total. The van der Waals surface area contributed by atoms with Gasteiger partial charge in [-0.1, -0.05) is 12.1 Å². The minimum Gasteiger partial charge on any atom is -0.369 e. The third kappa shape index (κ3) is 4.12. The van der Waals surface area contributed by atoms with Crippen LogP contribution in [0.15, 0.2) is 61.1 Å². The Labute approximate surface area is 200 Å². The molecule has 0 bridgehead atoms. The monoisotopic (exact) mass is 454 g/mol. The number of carbonyl (C=O) groups excluding carboxylic acids is 1. The molecule has 1 N–H and O–H groups in total. The second-order valence-electron chi connectivity index (χ2n) is 9.45. The van der Waals surface area contributed by atoms with Gasteiger partial charge in [0.15, 0.2) is 5.82 Å². The second kappa shape index (κ2) is 9.06. The van der Waals surface area contributed by atoms with E-state index in [4.69, 9.17) is 4.98 Å². The van der Waals surface area contributed by atoms with Crippen LogP contribution in [0.25, 0.3) is 11.1 Å². The molecule has 0 spiro atoms. The first-order chi connectivity index (χ1) is 16.7. The Morgan fingerprint density at radius 2 is 1.68 bits per heavy atom. The number of anilines is 3. The molecule has 0 unspecified atom stereocenters. The second-order valence-corrected chi connectivity index (χ2v) is 9.45. The number of aromatic nitrogens is 2. The average Bonchev–Trinajstić information content (AvgIpc) is 2.90. The number of piperazine rings is 1. The lowest BCUT2D eigenvalue weighted by atomic mass is 9.99. The van der Waals surface area contributed by atoms with Gasteiger partial charge in [-0.05, 0) is 66.3 Å². The molecule has 0 radical (unpaired) electrons. The number of carbonyl (C=O) groups is 1. The quantitative estimate of drug-likeness (QED) is 0.647. The number of fused-ring (bicyclic) bond motifs is 3. The molecule has 1 amide bonds. The largest absolute Gasteiger partial charge is 0.369 e. The number of piperidine rings is 1. The van der Waals surface area contributed by atoms with Crippen LogP contribution in [0, 0.1) is 0 Å². The highest BCUT2D eigenvalue weighted by molar-refractivity contribution is 6.02. The van der Waals surface area contributed by atoms with Crippen LogP contribution in [0.5, 0.6) is 0 Å². The summed E-state index contributed by atoms with van der Waals surface area (Å²) in [4.78, 5) is 28.6. The summed E-state index contributed by atoms with van der Waals surface area (Å²) in [6.45, 7) is 5.78. The normalized spacial score (nSPS) is 20.5. The molecule has 3 aliphatic heterocycles. The van der Waals surface area contributed by atoms with Gasteiger partial charge in [0.1, 0.15) is 6.04 Å². The fourth-order valence-corrected chi connectivity index (χ4v) is 5.41. The van der Waals surface area contributed by atoms with Crippen molar-refractivity contribution in [3.63, 3.8) is 0 Å². The standard InChI is InChI=1S/C27H30N6O/c34-27-25-3-1-2-12-33(25)26-24(30-27)17-20(18-29-26)19-31-13-15-32(16-14-31)23-6-4-21(5-7-23)22-8-10-28-11-9-22/h4-11,17-18,25H,1-3,12-16,19H2,(H,30,34)/t25-/m0/s1. The van der Waals surface area contributed by atoms with E-state index in [9.17, 15) is 4.79 Å². The van der Waals surface area contributed by atoms with Crippen molar-refractivity contribution in [2.45, 2.75) is 31.8 Å². The lowest BCUT2D eigenvalue weighted by Crippen LogP contribution is -2.51. The van der Waals surface area contributed by atoms with Gasteiger partial charge in [-0.2, -0.15) is 0 Å². The molecule has 3 aromatic rings. The summed E-state index contributed by atoms with van der Waals surface area (Å²) in [6.07, 6.45) is 8.82. The van der Waals surface area contributed by atoms with Crippen LogP contribution in [0.4, 0.5) is 17.2 Å². The maximum Gasteiger partial charge on any atom is 0.247 e. The topological polar surface area (TPSA) is 64.6 Å². The van der Waals surface area contributed by atoms with Gasteiger partial charge in [0, 0.05) is 63.5 Å². The Balaban J connectivity index is 1.08. The lowest BCUT2D eigenvalue weighted by Gasteiger charge is -2.40. The predicted molar refractivity (Wildman–Crippen MR) is 135 cm³/mol. The summed E-state index contributed by atoms with van der Waals surface area (Å²) in [5.74, 6) is 1.06. The van der Waals surface area contributed by atoms with E-state index < -0.39 is 0 Å². The molecule has 1 atom stereocenters. The van der Waals surface area contributed by atoms with Crippen LogP contribution in [0.3, 0.4) is 0 Å². The van der Waals surface area contributed by atoms with Crippen molar-refractivity contribution >= 4 is 23.1 Å². The SMILES string of the molecule is O=C1Nc2cc(CN3CCN(c4ccc(-c5ccncc5)cc4)CC3)cnc2N2CCCC[C@@H]12. The van der Waals surface area contributed by atoms with Gasteiger partial charge in [-0.3, -0.25) is 14.7 Å². The van der Waals surface area contributed by atoms with Gasteiger partial charge >= 0.3 is 0 Å². The fourth-order valence-electron chi connectivity index (χ4n) is 5.41. The van der Waals surface area contributed by atoms with Gasteiger partial charge in [0.2, 0.25) is 5.91 Å². The number of rotatable bonds is 4. The Kier molecular flexibility index (Phi) is 5.63. The molecular formula is C27H30N6O. The van der Waals surface area contributed by atoms with E-state index in [1.54, 1.807) is 0 Å². The Hall–Kier alpha value is -3.45. The van der Waals surface area contributed by atoms with E-state index in [1.807, 2.05) is 30.7 Å². The molecule has 2 fully saturated rings. The molecule has 2 aromatic heterocycles. The number of amides is 1. The minimum atomic E-state index is -0.0496. The number of hydrogen-bond donors (Lipinski definition) is 1. The fraction of sp³-hybridized carbons (Fsp3) is 0.370. The van der Waals surface area contributed by atoms with E-state index in [0.29, 0.717) is 0 Å². The molecule has 6 rings (SSSR count). The van der Waals surface area contributed by atoms with E-state index >= 15 is 0 Å². The molecule has 0 saturated carbocycles. The van der Waals surface area contributed by atoms with Crippen molar-refractivity contribution in [1.29, 1.82) is 0 Å². The predicted octanol–water partition coefficient (Wildman–Crippen LogP) is 3.78. The Morgan fingerprint density at radius 1 is 0.912 bits per heavy atom. The Morgan fingerprint density at radius 3 is 2.47 bits per heavy atom. The van der Waals surface area contributed by atoms with Crippen LogP contribution >= 0.6 is 0 Å². The summed E-state index contributed by atoms with van der Waals surface area (Å²) in [5, 5.41) is 3.11. The molecule has 2 saturated heterocycles. The summed E-state index contributed by atoms with van der Waals surface area (Å²) < 4.78 is 0. The molecule has 1 aromatic carbocycles. The third-order valence-corrected chi connectivity index (χ3v) is 7.28. The highest BCUT2D eigenvalue weighted by Crippen LogP contribution is 2.35.